The Balaban J connectivity index is 2.74. The summed E-state index contributed by atoms with van der Waals surface area (Å²) in [6, 6.07) is 0. The average Bonchev–Trinajstić information content (AvgIpc) is 2.50. The maximum absolute atomic E-state index is 11.1. The quantitative estimate of drug-likeness (QED) is 0.572. The highest BCUT2D eigenvalue weighted by Gasteiger charge is 2.20. The van der Waals surface area contributed by atoms with E-state index in [4.69, 9.17) is 0 Å². The third-order valence-corrected chi connectivity index (χ3v) is 2.15. The summed E-state index contributed by atoms with van der Waals surface area (Å²) in [5, 5.41) is 11.3. The molecule has 82 valence electrons. The van der Waals surface area contributed by atoms with Crippen LogP contribution in [0.3, 0.4) is 0 Å². The van der Waals surface area contributed by atoms with Crippen molar-refractivity contribution in [2.24, 2.45) is 0 Å². The van der Waals surface area contributed by atoms with Crippen molar-refractivity contribution in [2.45, 2.75) is 32.6 Å². The summed E-state index contributed by atoms with van der Waals surface area (Å²) in [6.45, 7) is 6.31. The number of carbonyl (C=O) groups excluding carboxylic acids is 1. The molecule has 0 fully saturated rings. The van der Waals surface area contributed by atoms with Crippen molar-refractivity contribution >= 4 is 42.0 Å². The molecular weight excluding hydrogens is 310 g/mol. The molecule has 15 heavy (non-hydrogen) atoms. The second kappa shape index (κ2) is 4.91. The monoisotopic (exact) mass is 322 g/mol. The van der Waals surface area contributed by atoms with Crippen LogP contribution in [0.1, 0.15) is 20.8 Å². The summed E-state index contributed by atoms with van der Waals surface area (Å²) in [7, 11) is 0.717. The van der Waals surface area contributed by atoms with Gasteiger partial charge in [0.05, 0.1) is 0 Å². The van der Waals surface area contributed by atoms with Gasteiger partial charge in [0.2, 0.25) is 7.28 Å². The number of nitrogens with zero attached hydrogens (tertiary/aromatic N) is 4. The Morgan fingerprint density at radius 2 is 2.27 bits per heavy atom. The molecule has 1 rings (SSSR count). The van der Waals surface area contributed by atoms with Crippen LogP contribution >= 0.6 is 23.0 Å². The molecule has 1 heterocycles. The molecular formula is C7H12BIN4O2. The van der Waals surface area contributed by atoms with Gasteiger partial charge in [-0.3, -0.25) is 0 Å². The molecule has 1 aromatic heterocycles. The smallest absolute Gasteiger partial charge is 0.337 e. The molecule has 0 radical (unpaired) electrons. The summed E-state index contributed by atoms with van der Waals surface area (Å²) in [5.74, 6) is -0.363. The van der Waals surface area contributed by atoms with Crippen LogP contribution in [0.25, 0.3) is 0 Å². The highest BCUT2D eigenvalue weighted by atomic mass is 127. The van der Waals surface area contributed by atoms with Gasteiger partial charge in [-0.25, -0.2) is 9.48 Å². The van der Waals surface area contributed by atoms with Crippen LogP contribution < -0.4 is 5.72 Å². The van der Waals surface area contributed by atoms with E-state index < -0.39 is 0 Å². The largest absolute Gasteiger partial charge is 0.393 e. The molecule has 8 heteroatoms. The fraction of sp³-hybridized carbons (Fsp3) is 0.714. The Morgan fingerprint density at radius 3 is 2.80 bits per heavy atom. The van der Waals surface area contributed by atoms with Crippen molar-refractivity contribution < 1.29 is 7.86 Å². The number of hydrogen-bond donors (Lipinski definition) is 0. The van der Waals surface area contributed by atoms with E-state index in [0.717, 1.165) is 0 Å². The van der Waals surface area contributed by atoms with Crippen molar-refractivity contribution in [1.82, 2.24) is 20.2 Å². The van der Waals surface area contributed by atoms with Gasteiger partial charge in [-0.05, 0) is 10.4 Å². The first-order chi connectivity index (χ1) is 6.92. The van der Waals surface area contributed by atoms with E-state index in [1.807, 2.05) is 0 Å². The lowest BCUT2D eigenvalue weighted by molar-refractivity contribution is -0.132. The summed E-state index contributed by atoms with van der Waals surface area (Å²) in [5.41, 5.74) is 0.698. The molecule has 6 nitrogen and oxygen atoms in total. The molecule has 0 N–H and O–H groups in total. The fourth-order valence-corrected chi connectivity index (χ4v) is 1.23. The number of carbonyl (C=O) groups is 1. The first-order valence-corrected chi connectivity index (χ1v) is 5.37. The number of rotatable bonds is 3. The zero-order chi connectivity index (χ0) is 11.5. The molecule has 0 bridgehead atoms. The Hall–Kier alpha value is -0.665. The van der Waals surface area contributed by atoms with Crippen LogP contribution in [0.15, 0.2) is 0 Å². The van der Waals surface area contributed by atoms with Gasteiger partial charge in [0, 0.05) is 0 Å². The van der Waals surface area contributed by atoms with Crippen LogP contribution in [-0.2, 0) is 14.4 Å². The zero-order valence-electron chi connectivity index (χ0n) is 8.90. The van der Waals surface area contributed by atoms with E-state index in [1.54, 1.807) is 23.0 Å². The highest BCUT2D eigenvalue weighted by molar-refractivity contribution is 14.1. The topological polar surface area (TPSA) is 69.9 Å². The Kier molecular flexibility index (Phi) is 4.06. The first-order valence-electron chi connectivity index (χ1n) is 4.49. The molecule has 0 aliphatic rings. The van der Waals surface area contributed by atoms with Crippen molar-refractivity contribution in [3.63, 3.8) is 0 Å². The second-order valence-corrected chi connectivity index (χ2v) is 4.88. The van der Waals surface area contributed by atoms with Crippen molar-refractivity contribution in [2.75, 3.05) is 0 Å². The zero-order valence-corrected chi connectivity index (χ0v) is 11.1. The predicted molar refractivity (Wildman–Crippen MR) is 64.4 cm³/mol. The van der Waals surface area contributed by atoms with Crippen LogP contribution in [0, 0.1) is 0 Å². The van der Waals surface area contributed by atoms with Gasteiger partial charge in [-0.2, -0.15) is 0 Å². The lowest BCUT2D eigenvalue weighted by atomic mass is 9.55. The van der Waals surface area contributed by atoms with E-state index >= 15 is 0 Å². The molecule has 0 aliphatic carbocycles. The number of tetrazole rings is 1. The van der Waals surface area contributed by atoms with Gasteiger partial charge in [-0.1, -0.05) is 26.1 Å². The maximum Gasteiger partial charge on any atom is 0.337 e. The summed E-state index contributed by atoms with van der Waals surface area (Å²) < 4.78 is 5.99. The molecule has 0 unspecified atom stereocenters. The van der Waals surface area contributed by atoms with Gasteiger partial charge in [0.25, 0.3) is 0 Å². The lowest BCUT2D eigenvalue weighted by Crippen LogP contribution is -2.34. The lowest BCUT2D eigenvalue weighted by Gasteiger charge is -2.14. The van der Waals surface area contributed by atoms with Crippen molar-refractivity contribution in [3.8, 4) is 0 Å². The van der Waals surface area contributed by atoms with E-state index in [-0.39, 0.29) is 17.8 Å². The van der Waals surface area contributed by atoms with Crippen LogP contribution in [-0.4, -0.2) is 33.5 Å². The van der Waals surface area contributed by atoms with Crippen LogP contribution in [0.2, 0.25) is 5.31 Å². The SMILES string of the molecule is CC(C)(C)Bc1nnnn1CC(=O)OI. The van der Waals surface area contributed by atoms with Crippen molar-refractivity contribution in [1.29, 1.82) is 0 Å². The normalized spacial score (nSPS) is 11.2. The van der Waals surface area contributed by atoms with Gasteiger partial charge in [0.15, 0.2) is 23.0 Å². The molecule has 0 spiro atoms. The van der Waals surface area contributed by atoms with Gasteiger partial charge in [-0.15, -0.1) is 5.10 Å². The van der Waals surface area contributed by atoms with E-state index in [9.17, 15) is 4.79 Å². The maximum atomic E-state index is 11.1. The number of hydrogen-bond acceptors (Lipinski definition) is 5. The fourth-order valence-electron chi connectivity index (χ4n) is 1.09. The molecule has 0 atom stereocenters. The molecule has 0 amide bonds. The van der Waals surface area contributed by atoms with Gasteiger partial charge < -0.3 is 3.07 Å². The Labute approximate surface area is 103 Å². The summed E-state index contributed by atoms with van der Waals surface area (Å²) in [4.78, 5) is 11.1. The predicted octanol–water partition coefficient (Wildman–Crippen LogP) is -0.154. The van der Waals surface area contributed by atoms with Crippen LogP contribution in [0.5, 0.6) is 0 Å². The minimum atomic E-state index is -0.363. The van der Waals surface area contributed by atoms with E-state index in [1.165, 1.54) is 4.68 Å². The Morgan fingerprint density at radius 1 is 1.60 bits per heavy atom. The van der Waals surface area contributed by atoms with Crippen LogP contribution in [0.4, 0.5) is 0 Å². The third kappa shape index (κ3) is 4.14. The van der Waals surface area contributed by atoms with Gasteiger partial charge >= 0.3 is 5.97 Å². The molecule has 0 saturated heterocycles. The summed E-state index contributed by atoms with van der Waals surface area (Å²) in [6.07, 6.45) is 0. The standard InChI is InChI=1S/C7H12BIN4O2/c1-7(2,3)8-6-10-11-12-13(6)4-5(14)15-9/h8H,4H2,1-3H3. The van der Waals surface area contributed by atoms with E-state index in [2.05, 4.69) is 39.4 Å². The molecule has 0 saturated carbocycles. The Bertz CT molecular complexity index is 349. The molecule has 0 aromatic carbocycles. The van der Waals surface area contributed by atoms with Gasteiger partial charge in [0.1, 0.15) is 12.3 Å². The highest BCUT2D eigenvalue weighted by Crippen LogP contribution is 2.18. The van der Waals surface area contributed by atoms with E-state index in [0.29, 0.717) is 13.0 Å². The minimum Gasteiger partial charge on any atom is -0.393 e. The third-order valence-electron chi connectivity index (χ3n) is 1.66. The molecule has 1 aromatic rings. The number of aromatic nitrogens is 4. The second-order valence-electron chi connectivity index (χ2n) is 4.44. The summed E-state index contributed by atoms with van der Waals surface area (Å²) >= 11 is 1.55. The minimum absolute atomic E-state index is 0.0569. The number of halogens is 1. The van der Waals surface area contributed by atoms with Crippen molar-refractivity contribution in [3.05, 3.63) is 0 Å². The first kappa shape index (κ1) is 12.4. The average molecular weight is 322 g/mol. The molecule has 0 aliphatic heterocycles.